The molecule has 1 aromatic rings. The van der Waals surface area contributed by atoms with Crippen molar-refractivity contribution in [2.75, 3.05) is 32.2 Å². The largest absolute Gasteiger partial charge is 0.478 e. The number of carboxylic acids is 1. The number of rotatable bonds is 8. The highest BCUT2D eigenvalue weighted by molar-refractivity contribution is 5.92. The number of aromatic carboxylic acids is 1. The molecule has 0 saturated heterocycles. The van der Waals surface area contributed by atoms with Gasteiger partial charge in [-0.3, -0.25) is 4.79 Å². The minimum absolute atomic E-state index is 0.180. The van der Waals surface area contributed by atoms with E-state index in [0.29, 0.717) is 25.5 Å². The van der Waals surface area contributed by atoms with Crippen LogP contribution in [-0.4, -0.2) is 43.9 Å². The quantitative estimate of drug-likeness (QED) is 0.695. The van der Waals surface area contributed by atoms with Gasteiger partial charge in [0.25, 0.3) is 0 Å². The van der Waals surface area contributed by atoms with Crippen molar-refractivity contribution in [2.45, 2.75) is 6.42 Å². The second-order valence-corrected chi connectivity index (χ2v) is 3.79. The number of nitrogens with one attached hydrogen (secondary N) is 1. The van der Waals surface area contributed by atoms with Crippen LogP contribution in [-0.2, 0) is 14.3 Å². The SMILES string of the molecule is COCCOCCC(=O)Nc1ccc(C(=O)O)cc1. The van der Waals surface area contributed by atoms with Gasteiger partial charge in [0.15, 0.2) is 0 Å². The number of carboxylic acid groups (broad SMARTS) is 1. The highest BCUT2D eigenvalue weighted by Gasteiger charge is 2.04. The van der Waals surface area contributed by atoms with Crippen LogP contribution < -0.4 is 5.32 Å². The molecule has 0 spiro atoms. The molecule has 0 aliphatic rings. The Bertz CT molecular complexity index is 416. The molecule has 0 fully saturated rings. The zero-order valence-electron chi connectivity index (χ0n) is 10.7. The second kappa shape index (κ2) is 8.23. The highest BCUT2D eigenvalue weighted by Crippen LogP contribution is 2.09. The molecule has 0 aromatic heterocycles. The minimum Gasteiger partial charge on any atom is -0.478 e. The molecule has 1 amide bonds. The van der Waals surface area contributed by atoms with E-state index in [2.05, 4.69) is 5.32 Å². The number of amides is 1. The standard InChI is InChI=1S/C13H17NO5/c1-18-8-9-19-7-6-12(15)14-11-4-2-10(3-5-11)13(16)17/h2-5H,6-9H2,1H3,(H,14,15)(H,16,17). The minimum atomic E-state index is -0.996. The third kappa shape index (κ3) is 5.98. The smallest absolute Gasteiger partial charge is 0.335 e. The molecule has 6 nitrogen and oxygen atoms in total. The number of benzene rings is 1. The van der Waals surface area contributed by atoms with Crippen LogP contribution in [0.25, 0.3) is 0 Å². The summed E-state index contributed by atoms with van der Waals surface area (Å²) in [5.74, 6) is -1.18. The zero-order chi connectivity index (χ0) is 14.1. The summed E-state index contributed by atoms with van der Waals surface area (Å²) in [5, 5.41) is 11.4. The van der Waals surface area contributed by atoms with Crippen LogP contribution in [0.3, 0.4) is 0 Å². The fourth-order valence-electron chi connectivity index (χ4n) is 1.33. The normalized spacial score (nSPS) is 10.2. The van der Waals surface area contributed by atoms with Crippen molar-refractivity contribution < 1.29 is 24.2 Å². The van der Waals surface area contributed by atoms with Gasteiger partial charge in [-0.2, -0.15) is 0 Å². The van der Waals surface area contributed by atoms with Crippen LogP contribution in [0.1, 0.15) is 16.8 Å². The summed E-state index contributed by atoms with van der Waals surface area (Å²) in [6, 6.07) is 5.97. The lowest BCUT2D eigenvalue weighted by Gasteiger charge is -2.06. The molecule has 0 unspecified atom stereocenters. The van der Waals surface area contributed by atoms with E-state index in [1.165, 1.54) is 12.1 Å². The van der Waals surface area contributed by atoms with E-state index in [9.17, 15) is 9.59 Å². The average Bonchev–Trinajstić information content (AvgIpc) is 2.39. The Morgan fingerprint density at radius 2 is 1.84 bits per heavy atom. The molecule has 2 N–H and O–H groups in total. The average molecular weight is 267 g/mol. The van der Waals surface area contributed by atoms with E-state index in [1.54, 1.807) is 19.2 Å². The Hall–Kier alpha value is -1.92. The van der Waals surface area contributed by atoms with Gasteiger partial charge in [-0.25, -0.2) is 4.79 Å². The zero-order valence-corrected chi connectivity index (χ0v) is 10.7. The molecule has 0 aliphatic heterocycles. The van der Waals surface area contributed by atoms with Crippen molar-refractivity contribution >= 4 is 17.6 Å². The number of hydrogen-bond donors (Lipinski definition) is 2. The summed E-state index contributed by atoms with van der Waals surface area (Å²) in [6.07, 6.45) is 0.240. The molecule has 104 valence electrons. The second-order valence-electron chi connectivity index (χ2n) is 3.79. The summed E-state index contributed by atoms with van der Waals surface area (Å²) in [5.41, 5.74) is 0.743. The molecule has 1 rings (SSSR count). The Labute approximate surface area is 111 Å². The third-order valence-electron chi connectivity index (χ3n) is 2.32. The molecule has 0 heterocycles. The van der Waals surface area contributed by atoms with E-state index < -0.39 is 5.97 Å². The van der Waals surface area contributed by atoms with Gasteiger partial charge in [-0.05, 0) is 24.3 Å². The summed E-state index contributed by atoms with van der Waals surface area (Å²) >= 11 is 0. The maximum absolute atomic E-state index is 11.5. The van der Waals surface area contributed by atoms with Crippen molar-refractivity contribution in [3.05, 3.63) is 29.8 Å². The predicted octanol–water partition coefficient (Wildman–Crippen LogP) is 1.38. The number of carbonyl (C=O) groups is 2. The lowest BCUT2D eigenvalue weighted by atomic mass is 10.2. The molecular formula is C13H17NO5. The highest BCUT2D eigenvalue weighted by atomic mass is 16.5. The predicted molar refractivity (Wildman–Crippen MR) is 69.3 cm³/mol. The van der Waals surface area contributed by atoms with Gasteiger partial charge in [0.1, 0.15) is 0 Å². The Balaban J connectivity index is 2.30. The Morgan fingerprint density at radius 3 is 2.42 bits per heavy atom. The van der Waals surface area contributed by atoms with Crippen LogP contribution in [0.2, 0.25) is 0 Å². The van der Waals surface area contributed by atoms with Crippen LogP contribution in [0.4, 0.5) is 5.69 Å². The number of methoxy groups -OCH3 is 1. The summed E-state index contributed by atoms with van der Waals surface area (Å²) in [6.45, 7) is 1.28. The summed E-state index contributed by atoms with van der Waals surface area (Å²) in [4.78, 5) is 22.2. The van der Waals surface area contributed by atoms with Crippen LogP contribution in [0, 0.1) is 0 Å². The first-order valence-electron chi connectivity index (χ1n) is 5.83. The molecular weight excluding hydrogens is 250 g/mol. The van der Waals surface area contributed by atoms with Gasteiger partial charge in [-0.1, -0.05) is 0 Å². The van der Waals surface area contributed by atoms with E-state index >= 15 is 0 Å². The lowest BCUT2D eigenvalue weighted by Crippen LogP contribution is -2.15. The van der Waals surface area contributed by atoms with Gasteiger partial charge in [-0.15, -0.1) is 0 Å². The molecule has 0 radical (unpaired) electrons. The molecule has 19 heavy (non-hydrogen) atoms. The van der Waals surface area contributed by atoms with Crippen molar-refractivity contribution in [1.82, 2.24) is 0 Å². The first kappa shape index (κ1) is 15.1. The monoisotopic (exact) mass is 267 g/mol. The molecule has 1 aromatic carbocycles. The fraction of sp³-hybridized carbons (Fsp3) is 0.385. The fourth-order valence-corrected chi connectivity index (χ4v) is 1.33. The number of carbonyl (C=O) groups excluding carboxylic acids is 1. The number of hydrogen-bond acceptors (Lipinski definition) is 4. The van der Waals surface area contributed by atoms with E-state index in [1.807, 2.05) is 0 Å². The van der Waals surface area contributed by atoms with Gasteiger partial charge in [0, 0.05) is 12.8 Å². The van der Waals surface area contributed by atoms with Crippen molar-refractivity contribution in [3.63, 3.8) is 0 Å². The van der Waals surface area contributed by atoms with Crippen molar-refractivity contribution in [3.8, 4) is 0 Å². The van der Waals surface area contributed by atoms with Gasteiger partial charge in [0.2, 0.25) is 5.91 Å². The van der Waals surface area contributed by atoms with Gasteiger partial charge in [0.05, 0.1) is 31.8 Å². The maximum Gasteiger partial charge on any atom is 0.335 e. The van der Waals surface area contributed by atoms with Gasteiger partial charge >= 0.3 is 5.97 Å². The van der Waals surface area contributed by atoms with Gasteiger partial charge < -0.3 is 19.9 Å². The summed E-state index contributed by atoms with van der Waals surface area (Å²) < 4.78 is 9.97. The molecule has 6 heteroatoms. The molecule has 0 saturated carbocycles. The van der Waals surface area contributed by atoms with E-state index in [0.717, 1.165) is 0 Å². The summed E-state index contributed by atoms with van der Waals surface area (Å²) in [7, 11) is 1.58. The van der Waals surface area contributed by atoms with Crippen molar-refractivity contribution in [1.29, 1.82) is 0 Å². The Kier molecular flexibility index (Phi) is 6.56. The lowest BCUT2D eigenvalue weighted by molar-refractivity contribution is -0.117. The first-order valence-corrected chi connectivity index (χ1v) is 5.83. The van der Waals surface area contributed by atoms with Crippen LogP contribution in [0.15, 0.2) is 24.3 Å². The van der Waals surface area contributed by atoms with Crippen LogP contribution >= 0.6 is 0 Å². The third-order valence-corrected chi connectivity index (χ3v) is 2.32. The molecule has 0 bridgehead atoms. The van der Waals surface area contributed by atoms with E-state index in [-0.39, 0.29) is 17.9 Å². The topological polar surface area (TPSA) is 84.9 Å². The van der Waals surface area contributed by atoms with E-state index in [4.69, 9.17) is 14.6 Å². The van der Waals surface area contributed by atoms with Crippen LogP contribution in [0.5, 0.6) is 0 Å². The number of ether oxygens (including phenoxy) is 2. The molecule has 0 atom stereocenters. The van der Waals surface area contributed by atoms with Crippen molar-refractivity contribution in [2.24, 2.45) is 0 Å². The molecule has 0 aliphatic carbocycles. The number of anilines is 1. The first-order chi connectivity index (χ1) is 9.13. The maximum atomic E-state index is 11.5. The Morgan fingerprint density at radius 1 is 1.16 bits per heavy atom.